The van der Waals surface area contributed by atoms with Crippen molar-refractivity contribution in [2.24, 2.45) is 0 Å². The molecule has 1 unspecified atom stereocenters. The van der Waals surface area contributed by atoms with Crippen molar-refractivity contribution in [1.29, 1.82) is 0 Å². The van der Waals surface area contributed by atoms with Crippen LogP contribution in [-0.4, -0.2) is 26.6 Å². The van der Waals surface area contributed by atoms with Crippen LogP contribution in [0.5, 0.6) is 0 Å². The van der Waals surface area contributed by atoms with E-state index in [0.29, 0.717) is 6.04 Å². The van der Waals surface area contributed by atoms with Gasteiger partial charge in [-0.3, -0.25) is 0 Å². The molecule has 1 nitrogen and oxygen atoms in total. The molecule has 0 aliphatic heterocycles. The summed E-state index contributed by atoms with van der Waals surface area (Å²) in [6, 6.07) is 51.9. The summed E-state index contributed by atoms with van der Waals surface area (Å²) in [5, 5.41) is 9.68. The van der Waals surface area contributed by atoms with Crippen LogP contribution < -0.4 is 31.6 Å². The highest BCUT2D eigenvalue weighted by Gasteiger charge is 2.40. The number of aryl methyl sites for hydroxylation is 1. The summed E-state index contributed by atoms with van der Waals surface area (Å²) in [6.07, 6.45) is 22.8. The standard InChI is InChI=1S/C55H85NP2Si2/c1-8-14-42-59(43-15-9-2,44-16-10-3)53-38-34-51(35-39-53)57(52-36-40-54(41-37-52)60(45-17-11-4,46-18-12-5)47-19-13-6)56(49-29-22-20-23-30-49)58(50-31-24-21-25-32-50)55-33-27-26-28-48(55)7/h21,24-28,31-41,49H,8-20,22-23,29-30,42-47H2,1-7H3. The summed E-state index contributed by atoms with van der Waals surface area (Å²) in [4.78, 5) is 0. The predicted octanol–water partition coefficient (Wildman–Crippen LogP) is 15.1. The van der Waals surface area contributed by atoms with E-state index in [4.69, 9.17) is 0 Å². The average Bonchev–Trinajstić information content (AvgIpc) is 3.30. The number of rotatable bonds is 27. The third-order valence-electron chi connectivity index (χ3n) is 14.2. The minimum absolute atomic E-state index is 0.564. The molecular weight excluding hydrogens is 793 g/mol. The number of unbranched alkanes of at least 4 members (excludes halogenated alkanes) is 6. The first kappa shape index (κ1) is 49.2. The molecular formula is C55H85NP2Si2. The monoisotopic (exact) mass is 878 g/mol. The van der Waals surface area contributed by atoms with Gasteiger partial charge in [0.2, 0.25) is 0 Å². The number of hydrogen-bond acceptors (Lipinski definition) is 1. The molecule has 0 N–H and O–H groups in total. The molecule has 1 aliphatic rings. The maximum atomic E-state index is 3.18. The molecule has 0 radical (unpaired) electrons. The summed E-state index contributed by atoms with van der Waals surface area (Å²) in [5.74, 6) is 0. The van der Waals surface area contributed by atoms with Gasteiger partial charge in [0, 0.05) is 22.2 Å². The molecule has 1 saturated carbocycles. The molecule has 5 rings (SSSR count). The van der Waals surface area contributed by atoms with Gasteiger partial charge in [0.15, 0.2) is 0 Å². The largest absolute Gasteiger partial charge is 0.242 e. The van der Waals surface area contributed by atoms with Crippen molar-refractivity contribution in [3.63, 3.8) is 0 Å². The normalized spacial score (nSPS) is 14.6. The molecule has 4 aromatic rings. The molecule has 60 heavy (non-hydrogen) atoms. The van der Waals surface area contributed by atoms with Crippen molar-refractivity contribution < 1.29 is 0 Å². The third kappa shape index (κ3) is 12.9. The highest BCUT2D eigenvalue weighted by atomic mass is 31.2. The van der Waals surface area contributed by atoms with E-state index in [-0.39, 0.29) is 0 Å². The molecule has 0 aromatic heterocycles. The highest BCUT2D eigenvalue weighted by Crippen LogP contribution is 2.58. The Balaban J connectivity index is 1.75. The number of hydrogen-bond donors (Lipinski definition) is 0. The number of nitrogens with zero attached hydrogens (tertiary/aromatic N) is 1. The Hall–Kier alpha value is -1.87. The summed E-state index contributed by atoms with van der Waals surface area (Å²) in [6.45, 7) is 16.8. The molecule has 1 fully saturated rings. The molecule has 0 heterocycles. The second kappa shape index (κ2) is 26.0. The number of benzene rings is 4. The molecule has 0 bridgehead atoms. The molecule has 4 aromatic carbocycles. The van der Waals surface area contributed by atoms with Gasteiger partial charge >= 0.3 is 0 Å². The van der Waals surface area contributed by atoms with Crippen LogP contribution in [0.4, 0.5) is 0 Å². The maximum Gasteiger partial charge on any atom is 0.0867 e. The van der Waals surface area contributed by atoms with E-state index in [9.17, 15) is 0 Å². The smallest absolute Gasteiger partial charge is 0.0867 e. The molecule has 5 heteroatoms. The van der Waals surface area contributed by atoms with E-state index < -0.39 is 32.3 Å². The van der Waals surface area contributed by atoms with Gasteiger partial charge in [0.1, 0.15) is 0 Å². The van der Waals surface area contributed by atoms with Gasteiger partial charge in [0.05, 0.1) is 16.1 Å². The van der Waals surface area contributed by atoms with Gasteiger partial charge in [-0.1, -0.05) is 288 Å². The molecule has 0 amide bonds. The van der Waals surface area contributed by atoms with Crippen molar-refractivity contribution in [2.75, 3.05) is 0 Å². The van der Waals surface area contributed by atoms with Gasteiger partial charge < -0.3 is 0 Å². The summed E-state index contributed by atoms with van der Waals surface area (Å²) < 4.78 is 3.18. The maximum absolute atomic E-state index is 3.18. The Kier molecular flexibility index (Phi) is 21.3. The fraction of sp³-hybridized carbons (Fsp3) is 0.564. The van der Waals surface area contributed by atoms with Crippen LogP contribution in [-0.2, 0) is 0 Å². The fourth-order valence-electron chi connectivity index (χ4n) is 10.5. The lowest BCUT2D eigenvalue weighted by molar-refractivity contribution is 0.355. The van der Waals surface area contributed by atoms with Crippen LogP contribution in [0.25, 0.3) is 0 Å². The molecule has 328 valence electrons. The van der Waals surface area contributed by atoms with Crippen molar-refractivity contribution in [1.82, 2.24) is 4.44 Å². The van der Waals surface area contributed by atoms with Crippen LogP contribution in [0.2, 0.25) is 36.3 Å². The minimum Gasteiger partial charge on any atom is -0.242 e. The Morgan fingerprint density at radius 1 is 0.433 bits per heavy atom. The first-order chi connectivity index (χ1) is 29.4. The topological polar surface area (TPSA) is 3.24 Å². The Morgan fingerprint density at radius 2 is 0.800 bits per heavy atom. The Bertz CT molecular complexity index is 1630. The Morgan fingerprint density at radius 3 is 1.18 bits per heavy atom. The molecule has 0 saturated heterocycles. The lowest BCUT2D eigenvalue weighted by Crippen LogP contribution is -2.48. The lowest BCUT2D eigenvalue weighted by Gasteiger charge is -2.46. The van der Waals surface area contributed by atoms with Gasteiger partial charge in [-0.2, -0.15) is 0 Å². The average molecular weight is 878 g/mol. The van der Waals surface area contributed by atoms with Crippen molar-refractivity contribution in [3.05, 3.63) is 109 Å². The van der Waals surface area contributed by atoms with Crippen LogP contribution in [0.1, 0.15) is 156 Å². The first-order valence-corrected chi connectivity index (χ1v) is 32.9. The quantitative estimate of drug-likeness (QED) is 0.0426. The van der Waals surface area contributed by atoms with Crippen LogP contribution in [0, 0.1) is 6.92 Å². The van der Waals surface area contributed by atoms with E-state index in [1.54, 1.807) is 26.3 Å². The zero-order valence-corrected chi connectivity index (χ0v) is 43.3. The minimum atomic E-state index is -1.63. The van der Waals surface area contributed by atoms with E-state index in [2.05, 4.69) is 156 Å². The zero-order chi connectivity index (χ0) is 42.6. The van der Waals surface area contributed by atoms with Crippen molar-refractivity contribution >= 4 is 63.9 Å². The van der Waals surface area contributed by atoms with Gasteiger partial charge in [0.25, 0.3) is 0 Å². The van der Waals surface area contributed by atoms with Crippen LogP contribution in [0.15, 0.2) is 103 Å². The summed E-state index contributed by atoms with van der Waals surface area (Å²) >= 11 is 0. The van der Waals surface area contributed by atoms with Gasteiger partial charge in [-0.05, 0) is 46.5 Å². The van der Waals surface area contributed by atoms with Crippen molar-refractivity contribution in [3.8, 4) is 0 Å². The van der Waals surface area contributed by atoms with Gasteiger partial charge in [-0.15, -0.1) is 0 Å². The summed E-state index contributed by atoms with van der Waals surface area (Å²) in [7, 11) is -4.83. The third-order valence-corrected chi connectivity index (χ3v) is 31.0. The predicted molar refractivity (Wildman–Crippen MR) is 281 cm³/mol. The Labute approximate surface area is 375 Å². The van der Waals surface area contributed by atoms with Gasteiger partial charge in [-0.25, -0.2) is 4.44 Å². The van der Waals surface area contributed by atoms with E-state index in [1.165, 1.54) is 156 Å². The second-order valence-electron chi connectivity index (χ2n) is 18.6. The first-order valence-electron chi connectivity index (χ1n) is 25.1. The molecule has 1 aliphatic carbocycles. The summed E-state index contributed by atoms with van der Waals surface area (Å²) in [5.41, 5.74) is 1.44. The van der Waals surface area contributed by atoms with Crippen LogP contribution >= 0.6 is 16.1 Å². The lowest BCUT2D eigenvalue weighted by atomic mass is 9.96. The second-order valence-corrected chi connectivity index (χ2v) is 32.4. The van der Waals surface area contributed by atoms with E-state index >= 15 is 0 Å². The van der Waals surface area contributed by atoms with Crippen molar-refractivity contribution in [2.45, 2.75) is 200 Å². The zero-order valence-electron chi connectivity index (χ0n) is 39.5. The molecule has 1 atom stereocenters. The SMILES string of the molecule is CCCC[Si](CCCC)(CCCC)c1ccc(P(c2ccc([Si](CCCC)(CCCC)CCCC)cc2)N(C2CCCCC2)P(c2ccccc2)c2ccccc2C)cc1. The van der Waals surface area contributed by atoms with E-state index in [1.807, 2.05) is 0 Å². The molecule has 0 spiro atoms. The van der Waals surface area contributed by atoms with Crippen LogP contribution in [0.3, 0.4) is 0 Å². The highest BCUT2D eigenvalue weighted by molar-refractivity contribution is 7.84. The fourth-order valence-corrected chi connectivity index (χ4v) is 28.1. The van der Waals surface area contributed by atoms with E-state index in [0.717, 1.165) is 0 Å².